The third-order valence-corrected chi connectivity index (χ3v) is 5.01. The first kappa shape index (κ1) is 21.2. The summed E-state index contributed by atoms with van der Waals surface area (Å²) in [5.41, 5.74) is -0.0823. The van der Waals surface area contributed by atoms with Crippen LogP contribution < -0.4 is 5.32 Å². The Morgan fingerprint density at radius 1 is 1.07 bits per heavy atom. The van der Waals surface area contributed by atoms with Crippen LogP contribution in [-0.4, -0.2) is 31.4 Å². The first-order valence-electron chi connectivity index (χ1n) is 7.62. The van der Waals surface area contributed by atoms with Crippen LogP contribution in [0.4, 0.5) is 18.9 Å². The minimum Gasteiger partial charge on any atom is -0.325 e. The molecule has 0 aliphatic rings. The van der Waals surface area contributed by atoms with Gasteiger partial charge in [0.2, 0.25) is 15.9 Å². The molecule has 0 radical (unpaired) electrons. The van der Waals surface area contributed by atoms with Gasteiger partial charge in [0.25, 0.3) is 0 Å². The minimum absolute atomic E-state index is 0.0452. The summed E-state index contributed by atoms with van der Waals surface area (Å²) in [6.45, 7) is -0.529. The summed E-state index contributed by atoms with van der Waals surface area (Å²) in [6, 6.07) is 10.3. The standard InChI is InChI=1S/C17H16ClF3N2O3S/c1-27(25,26)23(10-12-2-6-14(18)7-3-12)11-16(24)22-15-8-4-13(5-9-15)17(19,20)21/h2-9H,10-11H2,1H3,(H,22,24). The zero-order chi connectivity index (χ0) is 20.2. The zero-order valence-corrected chi connectivity index (χ0v) is 15.7. The fourth-order valence-corrected chi connectivity index (χ4v) is 3.05. The number of carbonyl (C=O) groups excluding carboxylic acids is 1. The highest BCUT2D eigenvalue weighted by molar-refractivity contribution is 7.88. The Kier molecular flexibility index (Phi) is 6.50. The van der Waals surface area contributed by atoms with Crippen LogP contribution in [0.25, 0.3) is 0 Å². The molecule has 146 valence electrons. The molecule has 2 rings (SSSR count). The average molecular weight is 421 g/mol. The lowest BCUT2D eigenvalue weighted by Crippen LogP contribution is -2.36. The van der Waals surface area contributed by atoms with Gasteiger partial charge in [0, 0.05) is 17.3 Å². The summed E-state index contributed by atoms with van der Waals surface area (Å²) < 4.78 is 62.5. The van der Waals surface area contributed by atoms with E-state index in [1.807, 2.05) is 0 Å². The van der Waals surface area contributed by atoms with Gasteiger partial charge in [-0.15, -0.1) is 0 Å². The molecule has 0 heterocycles. The van der Waals surface area contributed by atoms with Crippen LogP contribution >= 0.6 is 11.6 Å². The van der Waals surface area contributed by atoms with Gasteiger partial charge in [-0.05, 0) is 42.0 Å². The van der Waals surface area contributed by atoms with Crippen molar-refractivity contribution in [3.05, 3.63) is 64.7 Å². The second-order valence-electron chi connectivity index (χ2n) is 5.78. The Labute approximate surface area is 159 Å². The van der Waals surface area contributed by atoms with E-state index >= 15 is 0 Å². The summed E-state index contributed by atoms with van der Waals surface area (Å²) in [5.74, 6) is -0.672. The van der Waals surface area contributed by atoms with Gasteiger partial charge < -0.3 is 5.32 Å². The van der Waals surface area contributed by atoms with Crippen molar-refractivity contribution in [3.63, 3.8) is 0 Å². The number of carbonyl (C=O) groups is 1. The molecule has 2 aromatic carbocycles. The smallest absolute Gasteiger partial charge is 0.325 e. The van der Waals surface area contributed by atoms with E-state index in [0.717, 1.165) is 34.8 Å². The number of sulfonamides is 1. The number of anilines is 1. The molecule has 10 heteroatoms. The molecule has 1 amide bonds. The quantitative estimate of drug-likeness (QED) is 0.773. The van der Waals surface area contributed by atoms with Crippen LogP contribution in [0.15, 0.2) is 48.5 Å². The largest absolute Gasteiger partial charge is 0.416 e. The average Bonchev–Trinajstić information content (AvgIpc) is 2.55. The molecule has 0 saturated heterocycles. The van der Waals surface area contributed by atoms with Crippen molar-refractivity contribution in [2.45, 2.75) is 12.7 Å². The first-order chi connectivity index (χ1) is 12.4. The fourth-order valence-electron chi connectivity index (χ4n) is 2.19. The van der Waals surface area contributed by atoms with E-state index in [4.69, 9.17) is 11.6 Å². The molecule has 0 bridgehead atoms. The van der Waals surface area contributed by atoms with Gasteiger partial charge in [0.05, 0.1) is 18.4 Å². The lowest BCUT2D eigenvalue weighted by molar-refractivity contribution is -0.137. The van der Waals surface area contributed by atoms with Gasteiger partial charge in [-0.1, -0.05) is 23.7 Å². The van der Waals surface area contributed by atoms with Crippen molar-refractivity contribution in [1.29, 1.82) is 0 Å². The monoisotopic (exact) mass is 420 g/mol. The first-order valence-corrected chi connectivity index (χ1v) is 9.84. The number of alkyl halides is 3. The molecule has 27 heavy (non-hydrogen) atoms. The molecule has 1 N–H and O–H groups in total. The van der Waals surface area contributed by atoms with Gasteiger partial charge in [-0.2, -0.15) is 17.5 Å². The van der Waals surface area contributed by atoms with E-state index in [1.165, 1.54) is 0 Å². The van der Waals surface area contributed by atoms with E-state index in [9.17, 15) is 26.4 Å². The molecular weight excluding hydrogens is 405 g/mol. The Morgan fingerprint density at radius 3 is 2.11 bits per heavy atom. The van der Waals surface area contributed by atoms with Crippen LogP contribution in [0.2, 0.25) is 5.02 Å². The molecular formula is C17H16ClF3N2O3S. The van der Waals surface area contributed by atoms with Crippen LogP contribution in [-0.2, 0) is 27.5 Å². The normalized spacial score (nSPS) is 12.2. The maximum Gasteiger partial charge on any atom is 0.416 e. The molecule has 0 spiro atoms. The lowest BCUT2D eigenvalue weighted by Gasteiger charge is -2.19. The predicted molar refractivity (Wildman–Crippen MR) is 96.8 cm³/mol. The van der Waals surface area contributed by atoms with E-state index < -0.39 is 34.2 Å². The summed E-state index contributed by atoms with van der Waals surface area (Å²) in [4.78, 5) is 12.1. The molecule has 0 fully saturated rings. The second kappa shape index (κ2) is 8.28. The Balaban J connectivity index is 2.06. The zero-order valence-electron chi connectivity index (χ0n) is 14.1. The van der Waals surface area contributed by atoms with Crippen molar-refractivity contribution in [2.75, 3.05) is 18.1 Å². The van der Waals surface area contributed by atoms with E-state index in [-0.39, 0.29) is 12.2 Å². The van der Waals surface area contributed by atoms with Crippen LogP contribution in [0.1, 0.15) is 11.1 Å². The Hall–Kier alpha value is -2.10. The summed E-state index contributed by atoms with van der Waals surface area (Å²) in [6.07, 6.45) is -3.51. The van der Waals surface area contributed by atoms with Crippen molar-refractivity contribution >= 4 is 33.2 Å². The van der Waals surface area contributed by atoms with Gasteiger partial charge >= 0.3 is 6.18 Å². The molecule has 0 saturated carbocycles. The highest BCUT2D eigenvalue weighted by Crippen LogP contribution is 2.29. The van der Waals surface area contributed by atoms with Crippen molar-refractivity contribution in [2.24, 2.45) is 0 Å². The van der Waals surface area contributed by atoms with E-state index in [1.54, 1.807) is 24.3 Å². The number of hydrogen-bond acceptors (Lipinski definition) is 3. The second-order valence-corrected chi connectivity index (χ2v) is 8.20. The molecule has 0 atom stereocenters. The highest BCUT2D eigenvalue weighted by atomic mass is 35.5. The highest BCUT2D eigenvalue weighted by Gasteiger charge is 2.30. The topological polar surface area (TPSA) is 66.5 Å². The van der Waals surface area contributed by atoms with Crippen molar-refractivity contribution in [3.8, 4) is 0 Å². The van der Waals surface area contributed by atoms with E-state index in [0.29, 0.717) is 10.6 Å². The number of nitrogens with zero attached hydrogens (tertiary/aromatic N) is 1. The Bertz CT molecular complexity index is 899. The number of amides is 1. The molecule has 0 aromatic heterocycles. The predicted octanol–water partition coefficient (Wildman–Crippen LogP) is 3.76. The number of benzene rings is 2. The van der Waals surface area contributed by atoms with Gasteiger partial charge in [0.15, 0.2) is 0 Å². The van der Waals surface area contributed by atoms with Gasteiger partial charge in [-0.3, -0.25) is 4.79 Å². The van der Waals surface area contributed by atoms with Gasteiger partial charge in [-0.25, -0.2) is 8.42 Å². The number of rotatable bonds is 6. The van der Waals surface area contributed by atoms with E-state index in [2.05, 4.69) is 5.32 Å². The fraction of sp³-hybridized carbons (Fsp3) is 0.235. The van der Waals surface area contributed by atoms with Crippen LogP contribution in [0.3, 0.4) is 0 Å². The summed E-state index contributed by atoms with van der Waals surface area (Å²) >= 11 is 5.79. The van der Waals surface area contributed by atoms with Crippen LogP contribution in [0.5, 0.6) is 0 Å². The Morgan fingerprint density at radius 2 is 1.63 bits per heavy atom. The molecule has 2 aromatic rings. The lowest BCUT2D eigenvalue weighted by atomic mass is 10.2. The molecule has 0 aliphatic carbocycles. The third-order valence-electron chi connectivity index (χ3n) is 3.56. The summed E-state index contributed by atoms with van der Waals surface area (Å²) in [7, 11) is -3.70. The number of halogens is 4. The minimum atomic E-state index is -4.48. The maximum absolute atomic E-state index is 12.5. The summed E-state index contributed by atoms with van der Waals surface area (Å²) in [5, 5.41) is 2.88. The van der Waals surface area contributed by atoms with Crippen molar-refractivity contribution < 1.29 is 26.4 Å². The number of hydrogen-bond donors (Lipinski definition) is 1. The maximum atomic E-state index is 12.5. The van der Waals surface area contributed by atoms with Crippen LogP contribution in [0, 0.1) is 0 Å². The molecule has 5 nitrogen and oxygen atoms in total. The number of nitrogens with one attached hydrogen (secondary N) is 1. The molecule has 0 aliphatic heterocycles. The SMILES string of the molecule is CS(=O)(=O)N(CC(=O)Nc1ccc(C(F)(F)F)cc1)Cc1ccc(Cl)cc1. The van der Waals surface area contributed by atoms with Crippen molar-refractivity contribution in [1.82, 2.24) is 4.31 Å². The van der Waals surface area contributed by atoms with Gasteiger partial charge in [0.1, 0.15) is 0 Å². The molecule has 0 unspecified atom stereocenters. The third kappa shape index (κ3) is 6.53.